The number of fused-ring (bicyclic) bond motifs is 2. The van der Waals surface area contributed by atoms with Crippen molar-refractivity contribution >= 4 is 67.5 Å². The van der Waals surface area contributed by atoms with Crippen LogP contribution in [0.3, 0.4) is 0 Å². The van der Waals surface area contributed by atoms with Crippen LogP contribution in [0, 0.1) is 0 Å². The fraction of sp³-hybridized carbons (Fsp3) is 0.100. The maximum absolute atomic E-state index is 13.4. The molecular formula is C40H34N6O2S. The van der Waals surface area contributed by atoms with Crippen molar-refractivity contribution in [2.45, 2.75) is 0 Å². The average Bonchev–Trinajstić information content (AvgIpc) is 3.73. The Morgan fingerprint density at radius 3 is 2.29 bits per heavy atom. The quantitative estimate of drug-likeness (QED) is 0.123. The lowest BCUT2D eigenvalue weighted by molar-refractivity contribution is 0.101. The predicted molar refractivity (Wildman–Crippen MR) is 203 cm³/mol. The van der Waals surface area contributed by atoms with Gasteiger partial charge in [0, 0.05) is 59.5 Å². The number of aliphatic imine (C=N–C) groups is 2. The van der Waals surface area contributed by atoms with Crippen LogP contribution in [0.15, 0.2) is 131 Å². The van der Waals surface area contributed by atoms with E-state index in [1.165, 1.54) is 0 Å². The molecule has 1 N–H and O–H groups in total. The maximum Gasteiger partial charge on any atom is 0.272 e. The van der Waals surface area contributed by atoms with Gasteiger partial charge in [-0.2, -0.15) is 0 Å². The van der Waals surface area contributed by atoms with Gasteiger partial charge in [0.15, 0.2) is 5.82 Å². The van der Waals surface area contributed by atoms with E-state index in [4.69, 9.17) is 19.7 Å². The van der Waals surface area contributed by atoms with Gasteiger partial charge in [-0.1, -0.05) is 84.9 Å². The van der Waals surface area contributed by atoms with E-state index in [9.17, 15) is 4.79 Å². The number of benzene rings is 4. The number of thiophene rings is 1. The monoisotopic (exact) mass is 662 g/mol. The zero-order valence-electron chi connectivity index (χ0n) is 27.6. The summed E-state index contributed by atoms with van der Waals surface area (Å²) in [5.41, 5.74) is 7.61. The second-order valence-corrected chi connectivity index (χ2v) is 12.6. The number of hydrogen-bond donors (Lipinski definition) is 1. The maximum atomic E-state index is 13.4. The molecule has 7 aromatic rings. The summed E-state index contributed by atoms with van der Waals surface area (Å²) in [6.07, 6.45) is 3.54. The van der Waals surface area contributed by atoms with Gasteiger partial charge in [0.25, 0.3) is 5.91 Å². The molecule has 0 aliphatic rings. The molecule has 0 fully saturated rings. The molecule has 0 atom stereocenters. The number of anilines is 1. The lowest BCUT2D eigenvalue weighted by atomic mass is 10.0. The third-order valence-electron chi connectivity index (χ3n) is 8.24. The number of pyridine rings is 1. The highest BCUT2D eigenvalue weighted by atomic mass is 32.1. The standard InChI is InChI=1S/C40H34N6O2S/c1-45(2)25-42-39-36-30(24-49-38(36)32(23-41-39)43-37(26-13-7-5-8-14-26)27-15-9-6-10-16-27)28-19-20-31(35(22-28)48-4)44-40(47)34-21-29-17-11-12-18-33(29)46(34)3/h5-25H,1-4H3,(H,44,47). The van der Waals surface area contributed by atoms with Gasteiger partial charge in [-0.05, 0) is 29.8 Å². The van der Waals surface area contributed by atoms with Crippen LogP contribution in [-0.2, 0) is 7.05 Å². The third kappa shape index (κ3) is 6.31. The van der Waals surface area contributed by atoms with Crippen LogP contribution >= 0.6 is 11.3 Å². The number of nitrogens with one attached hydrogen (secondary N) is 1. The first kappa shape index (κ1) is 31.5. The number of amides is 1. The lowest BCUT2D eigenvalue weighted by Gasteiger charge is -2.13. The van der Waals surface area contributed by atoms with Crippen LogP contribution in [0.2, 0.25) is 0 Å². The Bertz CT molecular complexity index is 2320. The Labute approximate surface area is 288 Å². The zero-order chi connectivity index (χ0) is 33.9. The van der Waals surface area contributed by atoms with Crippen LogP contribution < -0.4 is 10.1 Å². The molecule has 9 heteroatoms. The van der Waals surface area contributed by atoms with Gasteiger partial charge in [0.05, 0.1) is 35.7 Å². The van der Waals surface area contributed by atoms with Gasteiger partial charge < -0.3 is 19.5 Å². The summed E-state index contributed by atoms with van der Waals surface area (Å²) in [6.45, 7) is 0. The summed E-state index contributed by atoms with van der Waals surface area (Å²) < 4.78 is 8.67. The largest absolute Gasteiger partial charge is 0.495 e. The van der Waals surface area contributed by atoms with E-state index < -0.39 is 0 Å². The SMILES string of the molecule is COc1cc(-c2csc3c(N=C(c4ccccc4)c4ccccc4)cnc(N=CN(C)C)c23)ccc1NC(=O)c1cc2ccccc2n1C. The number of para-hydroxylation sites is 1. The first-order chi connectivity index (χ1) is 23.9. The second kappa shape index (κ2) is 13.6. The van der Waals surface area contributed by atoms with Crippen molar-refractivity contribution in [1.82, 2.24) is 14.5 Å². The molecule has 0 bridgehead atoms. The molecule has 0 aliphatic heterocycles. The molecule has 8 nitrogen and oxygen atoms in total. The zero-order valence-corrected chi connectivity index (χ0v) is 28.4. The minimum Gasteiger partial charge on any atom is -0.495 e. The van der Waals surface area contributed by atoms with Crippen molar-refractivity contribution in [3.8, 4) is 16.9 Å². The highest BCUT2D eigenvalue weighted by Crippen LogP contribution is 2.45. The van der Waals surface area contributed by atoms with Gasteiger partial charge in [-0.25, -0.2) is 15.0 Å². The third-order valence-corrected chi connectivity index (χ3v) is 9.24. The molecule has 0 radical (unpaired) electrons. The molecule has 0 unspecified atom stereocenters. The van der Waals surface area contributed by atoms with Crippen molar-refractivity contribution in [1.29, 1.82) is 0 Å². The van der Waals surface area contributed by atoms with E-state index in [1.54, 1.807) is 31.0 Å². The van der Waals surface area contributed by atoms with Crippen LogP contribution in [0.5, 0.6) is 5.75 Å². The second-order valence-electron chi connectivity index (χ2n) is 11.7. The van der Waals surface area contributed by atoms with Crippen LogP contribution in [0.1, 0.15) is 21.6 Å². The summed E-state index contributed by atoms with van der Waals surface area (Å²) in [5.74, 6) is 0.914. The molecular weight excluding hydrogens is 629 g/mol. The Morgan fingerprint density at radius 1 is 0.918 bits per heavy atom. The Balaban J connectivity index is 1.32. The highest BCUT2D eigenvalue weighted by molar-refractivity contribution is 7.18. The fourth-order valence-corrected chi connectivity index (χ4v) is 6.87. The minimum atomic E-state index is -0.217. The van der Waals surface area contributed by atoms with E-state index in [1.807, 2.05) is 116 Å². The normalized spacial score (nSPS) is 11.3. The number of ether oxygens (including phenoxy) is 1. The molecule has 49 heavy (non-hydrogen) atoms. The van der Waals surface area contributed by atoms with Gasteiger partial charge in [0.2, 0.25) is 0 Å². The first-order valence-corrected chi connectivity index (χ1v) is 16.6. The van der Waals surface area contributed by atoms with Crippen LogP contribution in [0.4, 0.5) is 17.2 Å². The molecule has 242 valence electrons. The molecule has 3 heterocycles. The van der Waals surface area contributed by atoms with Crippen molar-refractivity contribution in [2.24, 2.45) is 17.0 Å². The molecule has 0 saturated carbocycles. The number of carbonyl (C=O) groups excluding carboxylic acids is 1. The van der Waals surface area contributed by atoms with E-state index >= 15 is 0 Å². The molecule has 0 saturated heterocycles. The molecule has 3 aromatic heterocycles. The van der Waals surface area contributed by atoms with Gasteiger partial charge in [-0.3, -0.25) is 4.79 Å². The molecule has 1 amide bonds. The lowest BCUT2D eigenvalue weighted by Crippen LogP contribution is -2.16. The number of nitrogens with zero attached hydrogens (tertiary/aromatic N) is 5. The van der Waals surface area contributed by atoms with E-state index in [0.29, 0.717) is 22.9 Å². The van der Waals surface area contributed by atoms with Crippen LogP contribution in [0.25, 0.3) is 32.1 Å². The van der Waals surface area contributed by atoms with Crippen molar-refractivity contribution in [3.63, 3.8) is 0 Å². The van der Waals surface area contributed by atoms with Crippen molar-refractivity contribution in [2.75, 3.05) is 26.5 Å². The number of rotatable bonds is 9. The Hall–Kier alpha value is -6.06. The number of aromatic nitrogens is 2. The van der Waals surface area contributed by atoms with E-state index in [2.05, 4.69) is 35.0 Å². The van der Waals surface area contributed by atoms with Crippen molar-refractivity contribution in [3.05, 3.63) is 138 Å². The molecule has 7 rings (SSSR count). The van der Waals surface area contributed by atoms with Gasteiger partial charge in [0.1, 0.15) is 17.1 Å². The molecule has 0 aliphatic carbocycles. The molecule has 4 aromatic carbocycles. The number of carbonyl (C=O) groups is 1. The average molecular weight is 663 g/mol. The van der Waals surface area contributed by atoms with Crippen molar-refractivity contribution < 1.29 is 9.53 Å². The van der Waals surface area contributed by atoms with Gasteiger partial charge in [-0.15, -0.1) is 11.3 Å². The Kier molecular flexibility index (Phi) is 8.74. The van der Waals surface area contributed by atoms with Crippen LogP contribution in [-0.4, -0.2) is 53.6 Å². The summed E-state index contributed by atoms with van der Waals surface area (Å²) in [7, 11) is 7.35. The topological polar surface area (TPSA) is 84.1 Å². The Morgan fingerprint density at radius 2 is 1.61 bits per heavy atom. The molecule has 0 spiro atoms. The summed E-state index contributed by atoms with van der Waals surface area (Å²) in [5, 5.41) is 7.05. The highest BCUT2D eigenvalue weighted by Gasteiger charge is 2.20. The van der Waals surface area contributed by atoms with E-state index in [0.717, 1.165) is 54.6 Å². The smallest absolute Gasteiger partial charge is 0.272 e. The minimum absolute atomic E-state index is 0.217. The number of hydrogen-bond acceptors (Lipinski definition) is 6. The summed E-state index contributed by atoms with van der Waals surface area (Å²) in [6, 6.07) is 36.0. The summed E-state index contributed by atoms with van der Waals surface area (Å²) >= 11 is 1.60. The van der Waals surface area contributed by atoms with Gasteiger partial charge >= 0.3 is 0 Å². The first-order valence-electron chi connectivity index (χ1n) is 15.8. The number of aryl methyl sites for hydroxylation is 1. The summed E-state index contributed by atoms with van der Waals surface area (Å²) in [4.78, 5) is 30.1. The predicted octanol–water partition coefficient (Wildman–Crippen LogP) is 9.11. The number of methoxy groups -OCH3 is 1. The van der Waals surface area contributed by atoms with E-state index in [-0.39, 0.29) is 5.91 Å². The fourth-order valence-electron chi connectivity index (χ4n) is 5.84.